The van der Waals surface area contributed by atoms with Crippen LogP contribution in [0.2, 0.25) is 0 Å². The highest BCUT2D eigenvalue weighted by molar-refractivity contribution is 7.11. The quantitative estimate of drug-likeness (QED) is 0.663. The maximum absolute atomic E-state index is 5.47. The molecular weight excluding hydrogens is 172 g/mol. The lowest BCUT2D eigenvalue weighted by atomic mass is 10.2. The average Bonchev–Trinajstić information content (AvgIpc) is 2.33. The van der Waals surface area contributed by atoms with Gasteiger partial charge in [0.15, 0.2) is 0 Å². The molecule has 0 bridgehead atoms. The Balaban J connectivity index is 2.38. The summed E-state index contributed by atoms with van der Waals surface area (Å²) in [4.78, 5) is 1.16. The van der Waals surface area contributed by atoms with Gasteiger partial charge in [-0.2, -0.15) is 0 Å². The number of rotatable bonds is 1. The third-order valence-electron chi connectivity index (χ3n) is 1.80. The summed E-state index contributed by atoms with van der Waals surface area (Å²) in [5, 5.41) is 2.01. The van der Waals surface area contributed by atoms with Crippen LogP contribution in [0.4, 0.5) is 0 Å². The van der Waals surface area contributed by atoms with Crippen LogP contribution in [0.25, 0.3) is 6.08 Å². The van der Waals surface area contributed by atoms with Crippen molar-refractivity contribution in [1.82, 2.24) is 0 Å². The minimum Gasteiger partial charge on any atom is -0.490 e. The zero-order valence-electron chi connectivity index (χ0n) is 6.71. The normalized spacial score (nSPS) is 16.0. The van der Waals surface area contributed by atoms with Crippen LogP contribution in [0.5, 0.6) is 5.75 Å². The van der Waals surface area contributed by atoms with Crippen LogP contribution in [0.3, 0.4) is 0 Å². The van der Waals surface area contributed by atoms with Crippen LogP contribution < -0.4 is 4.74 Å². The highest BCUT2D eigenvalue weighted by Crippen LogP contribution is 2.32. The molecule has 0 saturated carbocycles. The number of hydrogen-bond acceptors (Lipinski definition) is 3. The lowest BCUT2D eigenvalue weighted by molar-refractivity contribution is 0.107. The van der Waals surface area contributed by atoms with Crippen molar-refractivity contribution < 1.29 is 9.47 Å². The van der Waals surface area contributed by atoms with Crippen molar-refractivity contribution >= 4 is 17.4 Å². The maximum atomic E-state index is 5.47. The zero-order chi connectivity index (χ0) is 8.39. The molecule has 1 aromatic heterocycles. The van der Waals surface area contributed by atoms with Gasteiger partial charge in [0.05, 0.1) is 13.2 Å². The SMILES string of the molecule is C=Cc1scc2c1COCCO2. The van der Waals surface area contributed by atoms with E-state index in [1.807, 2.05) is 11.5 Å². The predicted octanol–water partition coefficient (Wildman–Crippen LogP) is 2.30. The molecule has 0 atom stereocenters. The summed E-state index contributed by atoms with van der Waals surface area (Å²) < 4.78 is 10.8. The van der Waals surface area contributed by atoms with Crippen LogP contribution in [0.1, 0.15) is 10.4 Å². The Morgan fingerprint density at radius 2 is 2.42 bits per heavy atom. The van der Waals surface area contributed by atoms with Crippen molar-refractivity contribution in [3.05, 3.63) is 22.4 Å². The fourth-order valence-corrected chi connectivity index (χ4v) is 2.04. The molecule has 0 spiro atoms. The molecule has 0 aliphatic carbocycles. The summed E-state index contributed by atoms with van der Waals surface area (Å²) in [5.41, 5.74) is 1.15. The highest BCUT2D eigenvalue weighted by atomic mass is 32.1. The van der Waals surface area contributed by atoms with Crippen LogP contribution >= 0.6 is 11.3 Å². The Bertz CT molecular complexity index is 291. The summed E-state index contributed by atoms with van der Waals surface area (Å²) in [6.45, 7) is 5.72. The van der Waals surface area contributed by atoms with Crippen LogP contribution in [0, 0.1) is 0 Å². The van der Waals surface area contributed by atoms with Gasteiger partial charge in [-0.25, -0.2) is 0 Å². The molecule has 0 amide bonds. The van der Waals surface area contributed by atoms with E-state index in [0.717, 1.165) is 16.2 Å². The van der Waals surface area contributed by atoms with Crippen molar-refractivity contribution in [3.63, 3.8) is 0 Å². The lowest BCUT2D eigenvalue weighted by Gasteiger charge is -1.98. The van der Waals surface area contributed by atoms with Crippen molar-refractivity contribution in [2.24, 2.45) is 0 Å². The fourth-order valence-electron chi connectivity index (χ4n) is 1.20. The first-order valence-corrected chi connectivity index (χ1v) is 4.73. The first-order chi connectivity index (χ1) is 5.92. The summed E-state index contributed by atoms with van der Waals surface area (Å²) in [7, 11) is 0. The summed E-state index contributed by atoms with van der Waals surface area (Å²) in [5.74, 6) is 0.965. The second-order valence-corrected chi connectivity index (χ2v) is 3.46. The smallest absolute Gasteiger partial charge is 0.136 e. The zero-order valence-corrected chi connectivity index (χ0v) is 7.52. The third-order valence-corrected chi connectivity index (χ3v) is 2.80. The van der Waals surface area contributed by atoms with E-state index in [9.17, 15) is 0 Å². The largest absolute Gasteiger partial charge is 0.490 e. The summed E-state index contributed by atoms with van der Waals surface area (Å²) in [6, 6.07) is 0. The second-order valence-electron chi connectivity index (χ2n) is 2.55. The van der Waals surface area contributed by atoms with E-state index < -0.39 is 0 Å². The van der Waals surface area contributed by atoms with Gasteiger partial charge in [-0.05, 0) is 0 Å². The summed E-state index contributed by atoms with van der Waals surface area (Å²) in [6.07, 6.45) is 1.85. The molecule has 2 rings (SSSR count). The third kappa shape index (κ3) is 1.26. The number of hydrogen-bond donors (Lipinski definition) is 0. The van der Waals surface area contributed by atoms with Gasteiger partial charge in [0.25, 0.3) is 0 Å². The standard InChI is InChI=1S/C9H10O2S/c1-2-9-7-5-10-3-4-11-8(7)6-12-9/h2,6H,1,3-5H2. The molecule has 1 aromatic rings. The minimum absolute atomic E-state index is 0.653. The Kier molecular flexibility index (Phi) is 2.15. The molecule has 0 aromatic carbocycles. The molecule has 3 heteroatoms. The van der Waals surface area contributed by atoms with Crippen LogP contribution in [0.15, 0.2) is 12.0 Å². The Morgan fingerprint density at radius 3 is 3.25 bits per heavy atom. The molecular formula is C9H10O2S. The number of ether oxygens (including phenoxy) is 2. The van der Waals surface area contributed by atoms with Crippen molar-refractivity contribution in [2.75, 3.05) is 13.2 Å². The average molecular weight is 182 g/mol. The molecule has 0 saturated heterocycles. The van der Waals surface area contributed by atoms with Gasteiger partial charge in [0.2, 0.25) is 0 Å². The fraction of sp³-hybridized carbons (Fsp3) is 0.333. The molecule has 64 valence electrons. The lowest BCUT2D eigenvalue weighted by Crippen LogP contribution is -2.00. The van der Waals surface area contributed by atoms with Crippen molar-refractivity contribution in [1.29, 1.82) is 0 Å². The number of fused-ring (bicyclic) bond motifs is 1. The Hall–Kier alpha value is -0.800. The van der Waals surface area contributed by atoms with E-state index in [2.05, 4.69) is 6.58 Å². The van der Waals surface area contributed by atoms with Gasteiger partial charge in [0.1, 0.15) is 12.4 Å². The summed E-state index contributed by atoms with van der Waals surface area (Å²) >= 11 is 1.65. The Labute approximate surface area is 75.4 Å². The molecule has 12 heavy (non-hydrogen) atoms. The minimum atomic E-state index is 0.653. The van der Waals surface area contributed by atoms with E-state index in [4.69, 9.17) is 9.47 Å². The highest BCUT2D eigenvalue weighted by Gasteiger charge is 2.13. The van der Waals surface area contributed by atoms with Gasteiger partial charge in [-0.15, -0.1) is 11.3 Å². The molecule has 2 nitrogen and oxygen atoms in total. The topological polar surface area (TPSA) is 18.5 Å². The molecule has 1 aliphatic rings. The van der Waals surface area contributed by atoms with Crippen molar-refractivity contribution in [3.8, 4) is 5.75 Å². The second kappa shape index (κ2) is 3.29. The van der Waals surface area contributed by atoms with E-state index in [-0.39, 0.29) is 0 Å². The van der Waals surface area contributed by atoms with Gasteiger partial charge in [-0.3, -0.25) is 0 Å². The van der Waals surface area contributed by atoms with Gasteiger partial charge >= 0.3 is 0 Å². The van der Waals surface area contributed by atoms with Gasteiger partial charge in [0, 0.05) is 15.8 Å². The van der Waals surface area contributed by atoms with Crippen LogP contribution in [-0.4, -0.2) is 13.2 Å². The predicted molar refractivity (Wildman–Crippen MR) is 49.6 cm³/mol. The molecule has 1 aliphatic heterocycles. The van der Waals surface area contributed by atoms with E-state index in [1.165, 1.54) is 0 Å². The first-order valence-electron chi connectivity index (χ1n) is 3.85. The maximum Gasteiger partial charge on any atom is 0.136 e. The van der Waals surface area contributed by atoms with Gasteiger partial charge < -0.3 is 9.47 Å². The van der Waals surface area contributed by atoms with E-state index >= 15 is 0 Å². The first kappa shape index (κ1) is 7.83. The van der Waals surface area contributed by atoms with Crippen molar-refractivity contribution in [2.45, 2.75) is 6.61 Å². The van der Waals surface area contributed by atoms with Gasteiger partial charge in [-0.1, -0.05) is 12.7 Å². The molecule has 0 fully saturated rings. The molecule has 0 radical (unpaired) electrons. The molecule has 0 N–H and O–H groups in total. The van der Waals surface area contributed by atoms with Crippen LogP contribution in [-0.2, 0) is 11.3 Å². The monoisotopic (exact) mass is 182 g/mol. The number of thiophene rings is 1. The molecule has 2 heterocycles. The van der Waals surface area contributed by atoms with E-state index in [1.54, 1.807) is 11.3 Å². The van der Waals surface area contributed by atoms with E-state index in [0.29, 0.717) is 19.8 Å². The molecule has 0 unspecified atom stereocenters. The Morgan fingerprint density at radius 1 is 1.50 bits per heavy atom.